The molecule has 7 nitrogen and oxygen atoms in total. The lowest BCUT2D eigenvalue weighted by atomic mass is 9.99. The number of hydrogen-bond acceptors (Lipinski definition) is 4. The highest BCUT2D eigenvalue weighted by atomic mass is 35.5. The standard InChI is InChI=1S/C25H22ClN5O2/c1-16(17-10-12-18(26)13-11-17)14-30-23(19-6-2-3-7-20(19)25(30)33)24(32)27-15-31-22-9-5-4-8-21(22)28-29-31/h2-13,16,23H,14-15H2,1H3,(H,27,32). The molecule has 1 aromatic heterocycles. The Morgan fingerprint density at radius 1 is 1.06 bits per heavy atom. The topological polar surface area (TPSA) is 80.1 Å². The number of nitrogens with zero attached hydrogens (tertiary/aromatic N) is 4. The van der Waals surface area contributed by atoms with Gasteiger partial charge in [0.1, 0.15) is 18.2 Å². The van der Waals surface area contributed by atoms with E-state index in [-0.39, 0.29) is 24.4 Å². The number of aromatic nitrogens is 3. The highest BCUT2D eigenvalue weighted by Crippen LogP contribution is 2.35. The molecule has 0 fully saturated rings. The molecule has 1 aliphatic heterocycles. The van der Waals surface area contributed by atoms with E-state index >= 15 is 0 Å². The van der Waals surface area contributed by atoms with Crippen LogP contribution in [0.5, 0.6) is 0 Å². The van der Waals surface area contributed by atoms with Crippen molar-refractivity contribution in [1.82, 2.24) is 25.2 Å². The summed E-state index contributed by atoms with van der Waals surface area (Å²) in [6, 6.07) is 21.7. The monoisotopic (exact) mass is 459 g/mol. The number of benzene rings is 3. The Balaban J connectivity index is 1.39. The van der Waals surface area contributed by atoms with E-state index in [0.29, 0.717) is 22.7 Å². The number of carbonyl (C=O) groups is 2. The Kier molecular flexibility index (Phi) is 5.56. The lowest BCUT2D eigenvalue weighted by Crippen LogP contribution is -2.41. The van der Waals surface area contributed by atoms with Crippen LogP contribution in [-0.4, -0.2) is 38.3 Å². The quantitative estimate of drug-likeness (QED) is 0.469. The predicted molar refractivity (Wildman–Crippen MR) is 126 cm³/mol. The Hall–Kier alpha value is -3.71. The van der Waals surface area contributed by atoms with E-state index in [4.69, 9.17) is 11.6 Å². The number of para-hydroxylation sites is 1. The molecule has 0 aliphatic carbocycles. The first-order valence-electron chi connectivity index (χ1n) is 10.7. The molecule has 2 amide bonds. The minimum Gasteiger partial charge on any atom is -0.335 e. The van der Waals surface area contributed by atoms with Gasteiger partial charge in [-0.2, -0.15) is 0 Å². The van der Waals surface area contributed by atoms with E-state index in [2.05, 4.69) is 15.6 Å². The number of amides is 2. The third-order valence-corrected chi connectivity index (χ3v) is 6.29. The number of halogens is 1. The molecule has 0 radical (unpaired) electrons. The zero-order valence-electron chi connectivity index (χ0n) is 18.0. The zero-order valence-corrected chi connectivity index (χ0v) is 18.7. The van der Waals surface area contributed by atoms with Crippen LogP contribution in [0.25, 0.3) is 11.0 Å². The van der Waals surface area contributed by atoms with Crippen molar-refractivity contribution < 1.29 is 9.59 Å². The van der Waals surface area contributed by atoms with Crippen LogP contribution in [0.4, 0.5) is 0 Å². The Morgan fingerprint density at radius 2 is 1.79 bits per heavy atom. The number of hydrogen-bond donors (Lipinski definition) is 1. The van der Waals surface area contributed by atoms with Gasteiger partial charge in [-0.25, -0.2) is 4.68 Å². The molecule has 1 aliphatic rings. The Labute approximate surface area is 196 Å². The van der Waals surface area contributed by atoms with Crippen molar-refractivity contribution in [2.24, 2.45) is 0 Å². The predicted octanol–water partition coefficient (Wildman–Crippen LogP) is 4.16. The maximum Gasteiger partial charge on any atom is 0.255 e. The molecule has 2 heterocycles. The molecule has 0 spiro atoms. The van der Waals surface area contributed by atoms with E-state index in [0.717, 1.165) is 16.6 Å². The van der Waals surface area contributed by atoms with Gasteiger partial charge in [-0.15, -0.1) is 5.10 Å². The average molecular weight is 460 g/mol. The summed E-state index contributed by atoms with van der Waals surface area (Å²) in [5.74, 6) is -0.371. The van der Waals surface area contributed by atoms with Crippen LogP contribution in [-0.2, 0) is 11.5 Å². The molecule has 4 aromatic rings. The first-order valence-corrected chi connectivity index (χ1v) is 11.1. The van der Waals surface area contributed by atoms with Crippen LogP contribution in [0.15, 0.2) is 72.8 Å². The van der Waals surface area contributed by atoms with Gasteiger partial charge >= 0.3 is 0 Å². The third-order valence-electron chi connectivity index (χ3n) is 6.04. The lowest BCUT2D eigenvalue weighted by Gasteiger charge is -2.27. The molecule has 2 atom stereocenters. The molecule has 0 bridgehead atoms. The van der Waals surface area contributed by atoms with Gasteiger partial charge in [0.05, 0.1) is 5.52 Å². The van der Waals surface area contributed by atoms with Gasteiger partial charge in [-0.1, -0.05) is 66.2 Å². The second kappa shape index (κ2) is 8.67. The fraction of sp³-hybridized carbons (Fsp3) is 0.200. The highest BCUT2D eigenvalue weighted by molar-refractivity contribution is 6.30. The first-order chi connectivity index (χ1) is 16.0. The van der Waals surface area contributed by atoms with Gasteiger partial charge in [0.15, 0.2) is 0 Å². The second-order valence-electron chi connectivity index (χ2n) is 8.18. The molecule has 166 valence electrons. The number of fused-ring (bicyclic) bond motifs is 2. The fourth-order valence-electron chi connectivity index (χ4n) is 4.32. The molecule has 0 saturated carbocycles. The summed E-state index contributed by atoms with van der Waals surface area (Å²) in [4.78, 5) is 28.3. The number of nitrogens with one attached hydrogen (secondary N) is 1. The van der Waals surface area contributed by atoms with Crippen LogP contribution in [0.2, 0.25) is 5.02 Å². The van der Waals surface area contributed by atoms with Crippen molar-refractivity contribution >= 4 is 34.4 Å². The van der Waals surface area contributed by atoms with Crippen molar-refractivity contribution in [1.29, 1.82) is 0 Å². The van der Waals surface area contributed by atoms with Crippen LogP contribution in [0.1, 0.15) is 40.4 Å². The Bertz CT molecular complexity index is 1330. The second-order valence-corrected chi connectivity index (χ2v) is 8.61. The molecule has 2 unspecified atom stereocenters. The van der Waals surface area contributed by atoms with Crippen molar-refractivity contribution in [2.45, 2.75) is 25.6 Å². The van der Waals surface area contributed by atoms with E-state index in [1.165, 1.54) is 0 Å². The average Bonchev–Trinajstić information content (AvgIpc) is 3.37. The Morgan fingerprint density at radius 3 is 2.61 bits per heavy atom. The molecule has 8 heteroatoms. The maximum absolute atomic E-state index is 13.4. The highest BCUT2D eigenvalue weighted by Gasteiger charge is 2.41. The van der Waals surface area contributed by atoms with Crippen molar-refractivity contribution in [3.63, 3.8) is 0 Å². The van der Waals surface area contributed by atoms with Crippen molar-refractivity contribution in [2.75, 3.05) is 6.54 Å². The van der Waals surface area contributed by atoms with Crippen LogP contribution in [0, 0.1) is 0 Å². The molecular formula is C25H22ClN5O2. The zero-order chi connectivity index (χ0) is 22.9. The van der Waals surface area contributed by atoms with Gasteiger partial charge in [-0.05, 0) is 47.4 Å². The SMILES string of the molecule is CC(CN1C(=O)c2ccccc2C1C(=O)NCn1nnc2ccccc21)c1ccc(Cl)cc1. The molecule has 3 aromatic carbocycles. The van der Waals surface area contributed by atoms with E-state index in [1.54, 1.807) is 15.6 Å². The summed E-state index contributed by atoms with van der Waals surface area (Å²) in [6.07, 6.45) is 0. The van der Waals surface area contributed by atoms with Crippen LogP contribution >= 0.6 is 11.6 Å². The summed E-state index contributed by atoms with van der Waals surface area (Å²) >= 11 is 6.02. The van der Waals surface area contributed by atoms with Gasteiger partial charge in [-0.3, -0.25) is 9.59 Å². The van der Waals surface area contributed by atoms with Crippen LogP contribution in [0.3, 0.4) is 0 Å². The maximum atomic E-state index is 13.4. The van der Waals surface area contributed by atoms with Crippen LogP contribution < -0.4 is 5.32 Å². The van der Waals surface area contributed by atoms with Gasteiger partial charge in [0.2, 0.25) is 5.91 Å². The molecule has 33 heavy (non-hydrogen) atoms. The smallest absolute Gasteiger partial charge is 0.255 e. The summed E-state index contributed by atoms with van der Waals surface area (Å²) < 4.78 is 1.64. The minimum absolute atomic E-state index is 0.0232. The largest absolute Gasteiger partial charge is 0.335 e. The van der Waals surface area contributed by atoms with Gasteiger partial charge in [0.25, 0.3) is 5.91 Å². The van der Waals surface area contributed by atoms with Crippen molar-refractivity contribution in [3.8, 4) is 0 Å². The molecule has 1 N–H and O–H groups in total. The fourth-order valence-corrected chi connectivity index (χ4v) is 4.44. The third kappa shape index (κ3) is 3.96. The van der Waals surface area contributed by atoms with Crippen molar-refractivity contribution in [3.05, 3.63) is 94.5 Å². The first kappa shape index (κ1) is 21.2. The van der Waals surface area contributed by atoms with E-state index < -0.39 is 6.04 Å². The summed E-state index contributed by atoms with van der Waals surface area (Å²) in [5, 5.41) is 11.9. The molecule has 5 rings (SSSR count). The van der Waals surface area contributed by atoms with E-state index in [9.17, 15) is 9.59 Å². The summed E-state index contributed by atoms with van der Waals surface area (Å²) in [5.41, 5.74) is 3.91. The minimum atomic E-state index is -0.710. The summed E-state index contributed by atoms with van der Waals surface area (Å²) in [7, 11) is 0. The normalized spacial score (nSPS) is 16.1. The molecule has 0 saturated heterocycles. The van der Waals surface area contributed by atoms with Gasteiger partial charge in [0, 0.05) is 17.1 Å². The van der Waals surface area contributed by atoms with Gasteiger partial charge < -0.3 is 10.2 Å². The number of carbonyl (C=O) groups excluding carboxylic acids is 2. The lowest BCUT2D eigenvalue weighted by molar-refractivity contribution is -0.126. The summed E-state index contributed by atoms with van der Waals surface area (Å²) in [6.45, 7) is 2.60. The van der Waals surface area contributed by atoms with E-state index in [1.807, 2.05) is 73.7 Å². The molecular weight excluding hydrogens is 438 g/mol. The number of rotatable bonds is 6.